The van der Waals surface area contributed by atoms with E-state index in [1.54, 1.807) is 26.3 Å². The van der Waals surface area contributed by atoms with Crippen LogP contribution in [0.2, 0.25) is 0 Å². The minimum Gasteiger partial charge on any atom is -0.497 e. The van der Waals surface area contributed by atoms with E-state index < -0.39 is 12.0 Å². The standard InChI is InChI=1S/C26H32N2O4/c1-26(2,3)20-10-6-17(7-11-20)14-22(29)24(18-8-12-21(32-5)13-9-18)28(4)25(31)19-15-23(30)27-16-19/h6-13,19,24H,14-16H2,1-5H3,(H,27,30)/t19-,24+/m0/s1. The van der Waals surface area contributed by atoms with Crippen LogP contribution in [0.4, 0.5) is 0 Å². The Kier molecular flexibility index (Phi) is 7.02. The van der Waals surface area contributed by atoms with Crippen LogP contribution in [-0.4, -0.2) is 43.2 Å². The third-order valence-corrected chi connectivity index (χ3v) is 6.00. The van der Waals surface area contributed by atoms with E-state index in [0.29, 0.717) is 12.3 Å². The number of hydrogen-bond donors (Lipinski definition) is 1. The maximum atomic E-state index is 13.5. The second-order valence-electron chi connectivity index (χ2n) is 9.42. The first-order valence-corrected chi connectivity index (χ1v) is 10.9. The highest BCUT2D eigenvalue weighted by Gasteiger charge is 2.35. The van der Waals surface area contributed by atoms with Crippen molar-refractivity contribution in [2.45, 2.75) is 45.1 Å². The van der Waals surface area contributed by atoms with Crippen molar-refractivity contribution in [1.29, 1.82) is 0 Å². The fraction of sp³-hybridized carbons (Fsp3) is 0.423. The number of amides is 2. The SMILES string of the molecule is COc1ccc([C@H](C(=O)Cc2ccc(C(C)(C)C)cc2)N(C)C(=O)[C@@H]2CNC(=O)C2)cc1. The lowest BCUT2D eigenvalue weighted by atomic mass is 9.86. The smallest absolute Gasteiger partial charge is 0.228 e. The Balaban J connectivity index is 1.86. The molecule has 1 aliphatic rings. The van der Waals surface area contributed by atoms with E-state index in [1.165, 1.54) is 10.5 Å². The van der Waals surface area contributed by atoms with Crippen LogP contribution >= 0.6 is 0 Å². The van der Waals surface area contributed by atoms with Crippen LogP contribution < -0.4 is 10.1 Å². The number of carbonyl (C=O) groups is 3. The lowest BCUT2D eigenvalue weighted by Gasteiger charge is -2.29. The first kappa shape index (κ1) is 23.5. The second kappa shape index (κ2) is 9.55. The van der Waals surface area contributed by atoms with Crippen LogP contribution in [-0.2, 0) is 26.2 Å². The van der Waals surface area contributed by atoms with Crippen molar-refractivity contribution in [3.05, 3.63) is 65.2 Å². The van der Waals surface area contributed by atoms with Gasteiger partial charge in [-0.25, -0.2) is 0 Å². The van der Waals surface area contributed by atoms with Gasteiger partial charge in [-0.15, -0.1) is 0 Å². The van der Waals surface area contributed by atoms with E-state index >= 15 is 0 Å². The molecule has 0 unspecified atom stereocenters. The number of rotatable bonds is 7. The number of benzene rings is 2. The Hall–Kier alpha value is -3.15. The van der Waals surface area contributed by atoms with Gasteiger partial charge in [0.15, 0.2) is 5.78 Å². The maximum Gasteiger partial charge on any atom is 0.228 e. The van der Waals surface area contributed by atoms with Crippen molar-refractivity contribution >= 4 is 17.6 Å². The van der Waals surface area contributed by atoms with Gasteiger partial charge in [0.1, 0.15) is 11.8 Å². The first-order valence-electron chi connectivity index (χ1n) is 10.9. The highest BCUT2D eigenvalue weighted by molar-refractivity contribution is 5.94. The van der Waals surface area contributed by atoms with Crippen molar-refractivity contribution in [3.63, 3.8) is 0 Å². The summed E-state index contributed by atoms with van der Waals surface area (Å²) in [5.74, 6) is -0.195. The molecule has 1 N–H and O–H groups in total. The molecule has 6 nitrogen and oxygen atoms in total. The quantitative estimate of drug-likeness (QED) is 0.721. The molecule has 1 saturated heterocycles. The molecular weight excluding hydrogens is 404 g/mol. The maximum absolute atomic E-state index is 13.5. The Morgan fingerprint density at radius 2 is 1.72 bits per heavy atom. The zero-order chi connectivity index (χ0) is 23.5. The van der Waals surface area contributed by atoms with Gasteiger partial charge in [-0.3, -0.25) is 14.4 Å². The minimum atomic E-state index is -0.744. The third kappa shape index (κ3) is 5.36. The summed E-state index contributed by atoms with van der Waals surface area (Å²) in [5, 5.41) is 2.70. The largest absolute Gasteiger partial charge is 0.497 e. The number of likely N-dealkylation sites (N-methyl/N-ethyl adjacent to an activating group) is 1. The predicted octanol–water partition coefficient (Wildman–Crippen LogP) is 3.44. The summed E-state index contributed by atoms with van der Waals surface area (Å²) in [6.07, 6.45) is 0.363. The van der Waals surface area contributed by atoms with Crippen molar-refractivity contribution in [2.75, 3.05) is 20.7 Å². The molecule has 0 aromatic heterocycles. The van der Waals surface area contributed by atoms with Gasteiger partial charge in [0.25, 0.3) is 0 Å². The number of nitrogens with one attached hydrogen (secondary N) is 1. The lowest BCUT2D eigenvalue weighted by Crippen LogP contribution is -2.40. The molecule has 170 valence electrons. The molecule has 0 aliphatic carbocycles. The molecule has 3 rings (SSSR count). The van der Waals surface area contributed by atoms with Crippen LogP contribution in [0.15, 0.2) is 48.5 Å². The highest BCUT2D eigenvalue weighted by Crippen LogP contribution is 2.28. The summed E-state index contributed by atoms with van der Waals surface area (Å²) >= 11 is 0. The zero-order valence-electron chi connectivity index (χ0n) is 19.5. The molecule has 1 fully saturated rings. The van der Waals surface area contributed by atoms with Gasteiger partial charge in [-0.05, 0) is 34.2 Å². The number of nitrogens with zero attached hydrogens (tertiary/aromatic N) is 1. The van der Waals surface area contributed by atoms with Crippen LogP contribution in [0, 0.1) is 5.92 Å². The second-order valence-corrected chi connectivity index (χ2v) is 9.42. The monoisotopic (exact) mass is 436 g/mol. The molecule has 1 heterocycles. The fourth-order valence-corrected chi connectivity index (χ4v) is 4.03. The average molecular weight is 437 g/mol. The van der Waals surface area contributed by atoms with Crippen LogP contribution in [0.3, 0.4) is 0 Å². The van der Waals surface area contributed by atoms with Crippen molar-refractivity contribution in [2.24, 2.45) is 5.92 Å². The Labute approximate surface area is 189 Å². The Morgan fingerprint density at radius 3 is 2.22 bits per heavy atom. The van der Waals surface area contributed by atoms with E-state index in [0.717, 1.165) is 11.1 Å². The summed E-state index contributed by atoms with van der Waals surface area (Å²) in [4.78, 5) is 39.7. The molecule has 2 amide bonds. The first-order chi connectivity index (χ1) is 15.1. The van der Waals surface area contributed by atoms with Gasteiger partial charge < -0.3 is 15.0 Å². The molecule has 1 aliphatic heterocycles. The normalized spacial score (nSPS) is 16.9. The summed E-state index contributed by atoms with van der Waals surface area (Å²) < 4.78 is 5.23. The molecule has 0 bridgehead atoms. The molecule has 0 radical (unpaired) electrons. The van der Waals surface area contributed by atoms with Gasteiger partial charge in [0.2, 0.25) is 11.8 Å². The molecule has 32 heavy (non-hydrogen) atoms. The third-order valence-electron chi connectivity index (χ3n) is 6.00. The van der Waals surface area contributed by atoms with Crippen LogP contribution in [0.25, 0.3) is 0 Å². The van der Waals surface area contributed by atoms with E-state index in [4.69, 9.17) is 4.74 Å². The number of carbonyl (C=O) groups excluding carboxylic acids is 3. The van der Waals surface area contributed by atoms with E-state index in [-0.39, 0.29) is 35.9 Å². The predicted molar refractivity (Wildman–Crippen MR) is 123 cm³/mol. The summed E-state index contributed by atoms with van der Waals surface area (Å²) in [6.45, 7) is 6.75. The van der Waals surface area contributed by atoms with E-state index in [9.17, 15) is 14.4 Å². The molecule has 2 atom stereocenters. The van der Waals surface area contributed by atoms with Crippen molar-refractivity contribution in [3.8, 4) is 5.75 Å². The van der Waals surface area contributed by atoms with Crippen molar-refractivity contribution < 1.29 is 19.1 Å². The number of ketones is 1. The highest BCUT2D eigenvalue weighted by atomic mass is 16.5. The van der Waals surface area contributed by atoms with Gasteiger partial charge in [0.05, 0.1) is 13.0 Å². The summed E-state index contributed by atoms with van der Waals surface area (Å²) in [5.41, 5.74) is 2.86. The van der Waals surface area contributed by atoms with E-state index in [1.807, 2.05) is 24.3 Å². The molecular formula is C26H32N2O4. The lowest BCUT2D eigenvalue weighted by molar-refractivity contribution is -0.141. The van der Waals surface area contributed by atoms with Gasteiger partial charge in [-0.1, -0.05) is 57.2 Å². The Morgan fingerprint density at radius 1 is 1.09 bits per heavy atom. The summed E-state index contributed by atoms with van der Waals surface area (Å²) in [7, 11) is 3.22. The zero-order valence-corrected chi connectivity index (χ0v) is 19.5. The number of hydrogen-bond acceptors (Lipinski definition) is 4. The minimum absolute atomic E-state index is 0.0353. The number of Topliss-reactive ketones (excluding diaryl/α,β-unsaturated/α-hetero) is 1. The fourth-order valence-electron chi connectivity index (χ4n) is 4.03. The topological polar surface area (TPSA) is 75.7 Å². The molecule has 2 aromatic carbocycles. The molecule has 2 aromatic rings. The van der Waals surface area contributed by atoms with Gasteiger partial charge in [0, 0.05) is 26.4 Å². The van der Waals surface area contributed by atoms with Gasteiger partial charge in [-0.2, -0.15) is 0 Å². The van der Waals surface area contributed by atoms with Crippen molar-refractivity contribution in [1.82, 2.24) is 10.2 Å². The average Bonchev–Trinajstić information content (AvgIpc) is 3.19. The molecule has 0 spiro atoms. The Bertz CT molecular complexity index is 974. The number of ether oxygens (including phenoxy) is 1. The van der Waals surface area contributed by atoms with Gasteiger partial charge >= 0.3 is 0 Å². The van der Waals surface area contributed by atoms with Crippen LogP contribution in [0.5, 0.6) is 5.75 Å². The van der Waals surface area contributed by atoms with E-state index in [2.05, 4.69) is 38.2 Å². The molecule has 0 saturated carbocycles. The number of methoxy groups -OCH3 is 1. The van der Waals surface area contributed by atoms with Crippen LogP contribution in [0.1, 0.15) is 49.9 Å². The summed E-state index contributed by atoms with van der Waals surface area (Å²) in [6, 6.07) is 14.5. The molecule has 6 heteroatoms.